The predicted octanol–water partition coefficient (Wildman–Crippen LogP) is 0.320. The topological polar surface area (TPSA) is 81.9 Å². The second-order valence-corrected chi connectivity index (χ2v) is 6.41. The molecule has 2 heterocycles. The minimum atomic E-state index is -3.79. The highest BCUT2D eigenvalue weighted by Crippen LogP contribution is 2.35. The van der Waals surface area contributed by atoms with Crippen molar-refractivity contribution in [1.29, 1.82) is 0 Å². The van der Waals surface area contributed by atoms with Gasteiger partial charge in [0.05, 0.1) is 25.9 Å². The van der Waals surface area contributed by atoms with Gasteiger partial charge < -0.3 is 14.4 Å². The fraction of sp³-hybridized carbons (Fsp3) is 0.500. The third-order valence-corrected chi connectivity index (χ3v) is 4.62. The molecule has 19 heavy (non-hydrogen) atoms. The number of nitrogens with zero attached hydrogens (tertiary/aromatic N) is 1. The van der Waals surface area contributed by atoms with Crippen LogP contribution < -0.4 is 14.8 Å². The van der Waals surface area contributed by atoms with Crippen LogP contribution in [0.5, 0.6) is 5.75 Å². The Morgan fingerprint density at radius 2 is 2.26 bits per heavy atom. The Morgan fingerprint density at radius 1 is 1.47 bits per heavy atom. The first-order chi connectivity index (χ1) is 8.99. The molecular formula is C12H16N2O4S. The van der Waals surface area contributed by atoms with E-state index < -0.39 is 10.0 Å². The molecule has 2 unspecified atom stereocenters. The van der Waals surface area contributed by atoms with Crippen molar-refractivity contribution in [3.63, 3.8) is 0 Å². The van der Waals surface area contributed by atoms with Crippen molar-refractivity contribution in [2.24, 2.45) is 5.14 Å². The molecule has 2 aliphatic heterocycles. The van der Waals surface area contributed by atoms with Crippen LogP contribution in [0.3, 0.4) is 0 Å². The van der Waals surface area contributed by atoms with Crippen molar-refractivity contribution in [3.8, 4) is 5.75 Å². The molecule has 0 saturated carbocycles. The number of morpholine rings is 1. The number of hydrogen-bond donors (Lipinski definition) is 1. The maximum absolute atomic E-state index is 11.6. The van der Waals surface area contributed by atoms with Gasteiger partial charge in [0.25, 0.3) is 0 Å². The molecule has 0 amide bonds. The maximum Gasteiger partial charge on any atom is 0.241 e. The van der Waals surface area contributed by atoms with Crippen molar-refractivity contribution in [3.05, 3.63) is 18.2 Å². The molecule has 1 aromatic carbocycles. The molecule has 0 aromatic heterocycles. The zero-order valence-electron chi connectivity index (χ0n) is 10.6. The summed E-state index contributed by atoms with van der Waals surface area (Å²) < 4.78 is 33.8. The minimum Gasteiger partial charge on any atom is -0.495 e. The molecule has 0 aliphatic carbocycles. The number of ether oxygens (including phenoxy) is 2. The van der Waals surface area contributed by atoms with Gasteiger partial charge in [0, 0.05) is 12.2 Å². The second-order valence-electron chi connectivity index (χ2n) is 4.88. The number of primary sulfonamides is 1. The van der Waals surface area contributed by atoms with Crippen molar-refractivity contribution >= 4 is 15.7 Å². The summed E-state index contributed by atoms with van der Waals surface area (Å²) in [5, 5.41) is 5.23. The van der Waals surface area contributed by atoms with E-state index in [0.29, 0.717) is 12.6 Å². The highest BCUT2D eigenvalue weighted by molar-refractivity contribution is 7.89. The lowest BCUT2D eigenvalue weighted by atomic mass is 10.2. The van der Waals surface area contributed by atoms with Gasteiger partial charge >= 0.3 is 0 Å². The molecule has 2 saturated heterocycles. The lowest BCUT2D eigenvalue weighted by Gasteiger charge is -2.29. The predicted molar refractivity (Wildman–Crippen MR) is 69.9 cm³/mol. The summed E-state index contributed by atoms with van der Waals surface area (Å²) in [6.07, 6.45) is 1.25. The Morgan fingerprint density at radius 3 is 2.79 bits per heavy atom. The van der Waals surface area contributed by atoms with Crippen molar-refractivity contribution in [2.45, 2.75) is 23.5 Å². The number of rotatable bonds is 3. The fourth-order valence-electron chi connectivity index (χ4n) is 2.78. The van der Waals surface area contributed by atoms with Crippen LogP contribution in [0.15, 0.2) is 23.1 Å². The van der Waals surface area contributed by atoms with Gasteiger partial charge in [0.15, 0.2) is 0 Å². The van der Waals surface area contributed by atoms with Crippen molar-refractivity contribution in [1.82, 2.24) is 0 Å². The van der Waals surface area contributed by atoms with Crippen LogP contribution >= 0.6 is 0 Å². The van der Waals surface area contributed by atoms with E-state index >= 15 is 0 Å². The zero-order valence-corrected chi connectivity index (χ0v) is 11.4. The Balaban J connectivity index is 2.00. The van der Waals surface area contributed by atoms with Gasteiger partial charge in [-0.1, -0.05) is 0 Å². The molecule has 0 radical (unpaired) electrons. The number of benzene rings is 1. The van der Waals surface area contributed by atoms with E-state index in [1.165, 1.54) is 7.11 Å². The maximum atomic E-state index is 11.6. The van der Waals surface area contributed by atoms with Gasteiger partial charge in [-0.3, -0.25) is 0 Å². The second kappa shape index (κ2) is 4.36. The summed E-state index contributed by atoms with van der Waals surface area (Å²) in [6, 6.07) is 5.40. The lowest BCUT2D eigenvalue weighted by molar-refractivity contribution is 0.0991. The summed E-state index contributed by atoms with van der Waals surface area (Å²) in [5.41, 5.74) is 0.848. The standard InChI is InChI=1S/C12H16N2O4S/c1-17-11-3-2-8(5-12(11)19(13,15)16)14-6-10-4-9(14)7-18-10/h2-3,5,9-10H,4,6-7H2,1H3,(H2,13,15,16). The zero-order chi connectivity index (χ0) is 13.6. The van der Waals surface area contributed by atoms with Crippen LogP contribution in [-0.4, -0.2) is 40.8 Å². The molecule has 2 aliphatic rings. The Bertz CT molecular complexity index is 602. The number of methoxy groups -OCH3 is 1. The fourth-order valence-corrected chi connectivity index (χ4v) is 3.50. The SMILES string of the molecule is COc1ccc(N2CC3CC2CO3)cc1S(N)(=O)=O. The summed E-state index contributed by atoms with van der Waals surface area (Å²) in [5.74, 6) is 0.270. The van der Waals surface area contributed by atoms with Crippen LogP contribution in [0.2, 0.25) is 0 Å². The summed E-state index contributed by atoms with van der Waals surface area (Å²) in [4.78, 5) is 2.19. The molecule has 1 aromatic rings. The molecule has 6 nitrogen and oxygen atoms in total. The van der Waals surface area contributed by atoms with E-state index in [1.54, 1.807) is 12.1 Å². The van der Waals surface area contributed by atoms with E-state index in [2.05, 4.69) is 4.90 Å². The van der Waals surface area contributed by atoms with Crippen LogP contribution in [0.1, 0.15) is 6.42 Å². The molecule has 104 valence electrons. The van der Waals surface area contributed by atoms with Gasteiger partial charge in [-0.25, -0.2) is 13.6 Å². The lowest BCUT2D eigenvalue weighted by Crippen LogP contribution is -2.37. The summed E-state index contributed by atoms with van der Waals surface area (Å²) >= 11 is 0. The summed E-state index contributed by atoms with van der Waals surface area (Å²) in [7, 11) is -2.37. The average molecular weight is 284 g/mol. The van der Waals surface area contributed by atoms with Gasteiger partial charge in [0.1, 0.15) is 10.6 Å². The number of hydrogen-bond acceptors (Lipinski definition) is 5. The highest BCUT2D eigenvalue weighted by Gasteiger charge is 2.39. The first-order valence-corrected chi connectivity index (χ1v) is 7.63. The van der Waals surface area contributed by atoms with E-state index in [1.807, 2.05) is 6.07 Å². The smallest absolute Gasteiger partial charge is 0.241 e. The first-order valence-electron chi connectivity index (χ1n) is 6.08. The van der Waals surface area contributed by atoms with E-state index in [4.69, 9.17) is 14.6 Å². The van der Waals surface area contributed by atoms with Crippen LogP contribution in [0.4, 0.5) is 5.69 Å². The number of fused-ring (bicyclic) bond motifs is 2. The Hall–Kier alpha value is -1.31. The summed E-state index contributed by atoms with van der Waals surface area (Å²) in [6.45, 7) is 1.49. The molecule has 3 rings (SSSR count). The highest BCUT2D eigenvalue weighted by atomic mass is 32.2. The van der Waals surface area contributed by atoms with Crippen molar-refractivity contribution < 1.29 is 17.9 Å². The number of sulfonamides is 1. The van der Waals surface area contributed by atoms with Crippen LogP contribution in [0, 0.1) is 0 Å². The van der Waals surface area contributed by atoms with Gasteiger partial charge in [0.2, 0.25) is 10.0 Å². The number of anilines is 1. The van der Waals surface area contributed by atoms with Gasteiger partial charge in [-0.2, -0.15) is 0 Å². The first kappa shape index (κ1) is 12.7. The third kappa shape index (κ3) is 2.18. The van der Waals surface area contributed by atoms with Gasteiger partial charge in [-0.05, 0) is 24.6 Å². The van der Waals surface area contributed by atoms with Gasteiger partial charge in [-0.15, -0.1) is 0 Å². The molecule has 0 spiro atoms. The Labute approximate surface area is 112 Å². The van der Waals surface area contributed by atoms with E-state index in [0.717, 1.165) is 18.7 Å². The molecule has 2 bridgehead atoms. The monoisotopic (exact) mass is 284 g/mol. The third-order valence-electron chi connectivity index (χ3n) is 3.69. The quantitative estimate of drug-likeness (QED) is 0.864. The van der Waals surface area contributed by atoms with Crippen LogP contribution in [0.25, 0.3) is 0 Å². The molecule has 7 heteroatoms. The largest absolute Gasteiger partial charge is 0.495 e. The minimum absolute atomic E-state index is 0.0243. The van der Waals surface area contributed by atoms with E-state index in [-0.39, 0.29) is 16.7 Å². The molecule has 2 atom stereocenters. The average Bonchev–Trinajstić information content (AvgIpc) is 2.99. The normalized spacial score (nSPS) is 25.9. The number of nitrogens with two attached hydrogens (primary N) is 1. The molecular weight excluding hydrogens is 268 g/mol. The van der Waals surface area contributed by atoms with E-state index in [9.17, 15) is 8.42 Å². The molecule has 2 fully saturated rings. The Kier molecular flexibility index (Phi) is 2.92. The van der Waals surface area contributed by atoms with Crippen molar-refractivity contribution in [2.75, 3.05) is 25.2 Å². The molecule has 2 N–H and O–H groups in total. The van der Waals surface area contributed by atoms with Crippen LogP contribution in [-0.2, 0) is 14.8 Å².